The van der Waals surface area contributed by atoms with E-state index in [-0.39, 0.29) is 0 Å². The van der Waals surface area contributed by atoms with Crippen LogP contribution in [0.3, 0.4) is 0 Å². The highest BCUT2D eigenvalue weighted by Gasteiger charge is 2.68. The molecule has 0 saturated heterocycles. The molecule has 0 aromatic rings. The van der Waals surface area contributed by atoms with Gasteiger partial charge < -0.3 is 20.4 Å². The molecule has 30 heavy (non-hydrogen) atoms. The molecule has 1 aliphatic rings. The normalized spacial score (nSPS) is 25.7. The van der Waals surface area contributed by atoms with Gasteiger partial charge in [-0.1, -0.05) is 67.2 Å². The van der Waals surface area contributed by atoms with Crippen molar-refractivity contribution in [3.63, 3.8) is 0 Å². The van der Waals surface area contributed by atoms with Crippen LogP contribution < -0.4 is 0 Å². The molecule has 1 saturated carbocycles. The Hall–Kier alpha value is -2.12. The summed E-state index contributed by atoms with van der Waals surface area (Å²) in [6.45, 7) is 9.54. The van der Waals surface area contributed by atoms with E-state index < -0.39 is 70.2 Å². The van der Waals surface area contributed by atoms with Crippen molar-refractivity contribution in [2.45, 2.75) is 67.2 Å². The zero-order valence-corrected chi connectivity index (χ0v) is 18.7. The van der Waals surface area contributed by atoms with Gasteiger partial charge >= 0.3 is 23.9 Å². The minimum Gasteiger partial charge on any atom is -0.480 e. The molecule has 8 nitrogen and oxygen atoms in total. The molecule has 4 N–H and O–H groups in total. The molecule has 0 amide bonds. The van der Waals surface area contributed by atoms with Crippen LogP contribution in [-0.4, -0.2) is 44.3 Å². The van der Waals surface area contributed by atoms with Crippen LogP contribution in [0.15, 0.2) is 0 Å². The molecule has 1 aliphatic carbocycles. The fraction of sp³-hybridized carbons (Fsp3) is 0.818. The van der Waals surface area contributed by atoms with Gasteiger partial charge in [-0.25, -0.2) is 0 Å². The van der Waals surface area contributed by atoms with Crippen molar-refractivity contribution < 1.29 is 39.6 Å². The second kappa shape index (κ2) is 9.35. The second-order valence-corrected chi connectivity index (χ2v) is 9.40. The van der Waals surface area contributed by atoms with E-state index in [2.05, 4.69) is 0 Å². The van der Waals surface area contributed by atoms with Gasteiger partial charge in [0.15, 0.2) is 10.8 Å². The topological polar surface area (TPSA) is 149 Å². The molecular formula is C22H36O8. The van der Waals surface area contributed by atoms with Crippen molar-refractivity contribution in [1.82, 2.24) is 0 Å². The fourth-order valence-corrected chi connectivity index (χ4v) is 6.06. The summed E-state index contributed by atoms with van der Waals surface area (Å²) in [5.74, 6) is -11.1. The molecule has 0 radical (unpaired) electrons. The molecule has 0 aliphatic heterocycles. The van der Waals surface area contributed by atoms with Crippen molar-refractivity contribution in [2.24, 2.45) is 46.3 Å². The first kappa shape index (κ1) is 25.9. The number of carbonyl (C=O) groups is 4. The molecule has 4 atom stereocenters. The summed E-state index contributed by atoms with van der Waals surface area (Å²) in [6, 6.07) is 0. The van der Waals surface area contributed by atoms with Crippen LogP contribution in [0.1, 0.15) is 67.2 Å². The highest BCUT2D eigenvalue weighted by Crippen LogP contribution is 2.58. The van der Waals surface area contributed by atoms with Crippen molar-refractivity contribution in [2.75, 3.05) is 0 Å². The number of hydrogen-bond donors (Lipinski definition) is 4. The van der Waals surface area contributed by atoms with Crippen molar-refractivity contribution in [3.05, 3.63) is 0 Å². The first-order chi connectivity index (χ1) is 13.7. The molecule has 172 valence electrons. The van der Waals surface area contributed by atoms with E-state index in [1.54, 1.807) is 6.92 Å². The van der Waals surface area contributed by atoms with E-state index in [0.717, 1.165) is 0 Å². The van der Waals surface area contributed by atoms with Crippen LogP contribution in [0.25, 0.3) is 0 Å². The Morgan fingerprint density at radius 3 is 1.43 bits per heavy atom. The lowest BCUT2D eigenvalue weighted by Gasteiger charge is -2.51. The molecule has 1 fully saturated rings. The van der Waals surface area contributed by atoms with E-state index in [1.807, 2.05) is 6.92 Å². The van der Waals surface area contributed by atoms with Gasteiger partial charge in [-0.3, -0.25) is 19.2 Å². The van der Waals surface area contributed by atoms with Crippen LogP contribution in [-0.2, 0) is 19.2 Å². The molecule has 0 spiro atoms. The van der Waals surface area contributed by atoms with Gasteiger partial charge in [-0.05, 0) is 35.5 Å². The zero-order chi connectivity index (χ0) is 23.6. The molecule has 4 unspecified atom stereocenters. The first-order valence-corrected chi connectivity index (χ1v) is 10.7. The van der Waals surface area contributed by atoms with E-state index in [0.29, 0.717) is 25.7 Å². The lowest BCUT2D eigenvalue weighted by atomic mass is 9.49. The highest BCUT2D eigenvalue weighted by molar-refractivity contribution is 6.01. The minimum atomic E-state index is -2.30. The Morgan fingerprint density at radius 2 is 1.13 bits per heavy atom. The van der Waals surface area contributed by atoms with Crippen LogP contribution in [0, 0.1) is 46.3 Å². The van der Waals surface area contributed by atoms with Crippen LogP contribution >= 0.6 is 0 Å². The average molecular weight is 429 g/mol. The zero-order valence-electron chi connectivity index (χ0n) is 18.7. The third-order valence-electron chi connectivity index (χ3n) is 7.56. The second-order valence-electron chi connectivity index (χ2n) is 9.40. The third-order valence-corrected chi connectivity index (χ3v) is 7.56. The first-order valence-electron chi connectivity index (χ1n) is 10.7. The maximum absolute atomic E-state index is 12.6. The van der Waals surface area contributed by atoms with E-state index in [9.17, 15) is 39.6 Å². The number of aliphatic carboxylic acids is 4. The summed E-state index contributed by atoms with van der Waals surface area (Å²) in [4.78, 5) is 50.3. The average Bonchev–Trinajstić information content (AvgIpc) is 2.74. The summed E-state index contributed by atoms with van der Waals surface area (Å²) >= 11 is 0. The fourth-order valence-electron chi connectivity index (χ4n) is 6.06. The molecule has 8 heteroatoms. The summed E-state index contributed by atoms with van der Waals surface area (Å²) in [5.41, 5.74) is -4.60. The molecule has 1 rings (SSSR count). The highest BCUT2D eigenvalue weighted by atomic mass is 16.4. The number of carboxylic acid groups (broad SMARTS) is 4. The van der Waals surface area contributed by atoms with E-state index >= 15 is 0 Å². The third kappa shape index (κ3) is 3.69. The largest absolute Gasteiger partial charge is 0.480 e. The maximum Gasteiger partial charge on any atom is 0.321 e. The van der Waals surface area contributed by atoms with Crippen LogP contribution in [0.4, 0.5) is 0 Å². The smallest absolute Gasteiger partial charge is 0.321 e. The minimum absolute atomic E-state index is 0.425. The molecule has 0 aromatic carbocycles. The molecular weight excluding hydrogens is 392 g/mol. The number of rotatable bonds is 9. The summed E-state index contributed by atoms with van der Waals surface area (Å²) in [5, 5.41) is 40.9. The maximum atomic E-state index is 12.6. The van der Waals surface area contributed by atoms with Gasteiger partial charge in [0.1, 0.15) is 0 Å². The van der Waals surface area contributed by atoms with E-state index in [4.69, 9.17) is 0 Å². The van der Waals surface area contributed by atoms with E-state index in [1.165, 1.54) is 27.7 Å². The van der Waals surface area contributed by atoms with Gasteiger partial charge in [-0.15, -0.1) is 0 Å². The number of carboxylic acids is 4. The quantitative estimate of drug-likeness (QED) is 0.321. The Bertz CT molecular complexity index is 653. The van der Waals surface area contributed by atoms with Gasteiger partial charge in [0, 0.05) is 0 Å². The monoisotopic (exact) mass is 428 g/mol. The summed E-state index contributed by atoms with van der Waals surface area (Å²) in [6.07, 6.45) is 2.15. The van der Waals surface area contributed by atoms with Crippen molar-refractivity contribution >= 4 is 23.9 Å². The molecule has 0 aromatic heterocycles. The number of hydrogen-bond acceptors (Lipinski definition) is 4. The summed E-state index contributed by atoms with van der Waals surface area (Å²) < 4.78 is 0. The Labute approximate surface area is 177 Å². The van der Waals surface area contributed by atoms with Gasteiger partial charge in [0.05, 0.1) is 0 Å². The van der Waals surface area contributed by atoms with Gasteiger partial charge in [0.25, 0.3) is 0 Å². The Morgan fingerprint density at radius 1 is 0.767 bits per heavy atom. The van der Waals surface area contributed by atoms with Crippen LogP contribution in [0.5, 0.6) is 0 Å². The van der Waals surface area contributed by atoms with Crippen LogP contribution in [0.2, 0.25) is 0 Å². The van der Waals surface area contributed by atoms with Gasteiger partial charge in [0.2, 0.25) is 0 Å². The lowest BCUT2D eigenvalue weighted by molar-refractivity contribution is -0.197. The lowest BCUT2D eigenvalue weighted by Crippen LogP contribution is -2.62. The standard InChI is InChI=1S/C22H36O8/c1-7-14-10-8-9-13(6)15(21(11(2)3,17(23)24)18(25)26)16(14)22(12(4)5,19(27)28)20(29)30/h11-16H,7-10H2,1-6H3,(H,23,24)(H,25,26)(H,27,28)(H,29,30). The molecule has 0 bridgehead atoms. The van der Waals surface area contributed by atoms with Gasteiger partial charge in [-0.2, -0.15) is 0 Å². The summed E-state index contributed by atoms with van der Waals surface area (Å²) in [7, 11) is 0. The SMILES string of the molecule is CCC1CCCC(C)C(C(C(=O)O)(C(=O)O)C(C)C)C1C(C(=O)O)(C(=O)O)C(C)C. The van der Waals surface area contributed by atoms with Crippen molar-refractivity contribution in [3.8, 4) is 0 Å². The predicted molar refractivity (Wildman–Crippen MR) is 109 cm³/mol. The Balaban J connectivity index is 4.15. The Kier molecular flexibility index (Phi) is 8.08. The van der Waals surface area contributed by atoms with Crippen molar-refractivity contribution in [1.29, 1.82) is 0 Å². The molecule has 0 heterocycles. The predicted octanol–water partition coefficient (Wildman–Crippen LogP) is 3.69.